The first kappa shape index (κ1) is 15.0. The molecule has 1 atom stereocenters. The zero-order valence-corrected chi connectivity index (χ0v) is 13.4. The number of aromatic nitrogens is 4. The van der Waals surface area contributed by atoms with E-state index in [0.29, 0.717) is 25.7 Å². The molecular weight excluding hydrogens is 282 g/mol. The van der Waals surface area contributed by atoms with Gasteiger partial charge in [0.2, 0.25) is 5.91 Å². The van der Waals surface area contributed by atoms with Crippen LogP contribution in [0.15, 0.2) is 6.20 Å². The summed E-state index contributed by atoms with van der Waals surface area (Å²) < 4.78 is 9.27. The zero-order valence-electron chi connectivity index (χ0n) is 13.4. The molecule has 7 heteroatoms. The van der Waals surface area contributed by atoms with E-state index >= 15 is 0 Å². The third kappa shape index (κ3) is 2.72. The average molecular weight is 305 g/mol. The number of amides is 1. The summed E-state index contributed by atoms with van der Waals surface area (Å²) in [7, 11) is 0. The molecule has 0 saturated carbocycles. The van der Waals surface area contributed by atoms with Crippen molar-refractivity contribution in [2.75, 3.05) is 13.2 Å². The summed E-state index contributed by atoms with van der Waals surface area (Å²) in [6.07, 6.45) is 3.35. The molecule has 7 nitrogen and oxygen atoms in total. The van der Waals surface area contributed by atoms with Gasteiger partial charge in [0.1, 0.15) is 17.1 Å². The van der Waals surface area contributed by atoms with Gasteiger partial charge >= 0.3 is 0 Å². The molecule has 0 bridgehead atoms. The van der Waals surface area contributed by atoms with Gasteiger partial charge in [-0.3, -0.25) is 14.2 Å². The highest BCUT2D eigenvalue weighted by atomic mass is 16.5. The first-order valence-corrected chi connectivity index (χ1v) is 7.88. The van der Waals surface area contributed by atoms with Gasteiger partial charge < -0.3 is 10.1 Å². The molecule has 0 aromatic carbocycles. The number of carbonyl (C=O) groups is 1. The normalized spacial score (nSPS) is 18.5. The molecule has 0 radical (unpaired) electrons. The Hall–Kier alpha value is -1.89. The first-order chi connectivity index (χ1) is 10.6. The Morgan fingerprint density at radius 1 is 1.55 bits per heavy atom. The molecule has 22 heavy (non-hydrogen) atoms. The van der Waals surface area contributed by atoms with Crippen LogP contribution in [0.1, 0.15) is 38.4 Å². The minimum atomic E-state index is -0.275. The molecule has 1 N–H and O–H groups in total. The number of carbonyl (C=O) groups excluding carboxylic acids is 1. The van der Waals surface area contributed by atoms with Crippen molar-refractivity contribution in [3.8, 4) is 0 Å². The van der Waals surface area contributed by atoms with Crippen molar-refractivity contribution in [3.05, 3.63) is 11.9 Å². The summed E-state index contributed by atoms with van der Waals surface area (Å²) in [6, 6.07) is 0.299. The maximum Gasteiger partial charge on any atom is 0.249 e. The highest BCUT2D eigenvalue weighted by Gasteiger charge is 2.23. The van der Waals surface area contributed by atoms with E-state index in [4.69, 9.17) is 4.74 Å². The topological polar surface area (TPSA) is 74.0 Å². The SMILES string of the molecule is Cc1nn(C(C)C)c2cnn(CCNC(=O)C3CCCO3)c12. The molecule has 1 aliphatic heterocycles. The minimum Gasteiger partial charge on any atom is -0.368 e. The number of aryl methyl sites for hydroxylation is 1. The fourth-order valence-electron chi connectivity index (χ4n) is 2.92. The number of hydrogen-bond acceptors (Lipinski definition) is 4. The molecule has 1 unspecified atom stereocenters. The monoisotopic (exact) mass is 305 g/mol. The Morgan fingerprint density at radius 2 is 2.36 bits per heavy atom. The third-order valence-corrected chi connectivity index (χ3v) is 4.00. The summed E-state index contributed by atoms with van der Waals surface area (Å²) in [5.74, 6) is -0.0181. The van der Waals surface area contributed by atoms with Crippen molar-refractivity contribution in [2.24, 2.45) is 0 Å². The predicted molar refractivity (Wildman–Crippen MR) is 82.6 cm³/mol. The van der Waals surface area contributed by atoms with Crippen LogP contribution >= 0.6 is 0 Å². The van der Waals surface area contributed by atoms with Crippen LogP contribution in [0, 0.1) is 6.92 Å². The molecule has 0 aliphatic carbocycles. The van der Waals surface area contributed by atoms with E-state index in [1.165, 1.54) is 0 Å². The lowest BCUT2D eigenvalue weighted by Gasteiger charge is -2.10. The van der Waals surface area contributed by atoms with E-state index in [9.17, 15) is 4.79 Å². The van der Waals surface area contributed by atoms with Gasteiger partial charge in [-0.15, -0.1) is 0 Å². The van der Waals surface area contributed by atoms with Crippen molar-refractivity contribution in [1.82, 2.24) is 24.9 Å². The van der Waals surface area contributed by atoms with Gasteiger partial charge in [-0.05, 0) is 33.6 Å². The summed E-state index contributed by atoms with van der Waals surface area (Å²) in [6.45, 7) is 8.06. The summed E-state index contributed by atoms with van der Waals surface area (Å²) >= 11 is 0. The Kier molecular flexibility index (Phi) is 4.15. The van der Waals surface area contributed by atoms with E-state index in [2.05, 4.69) is 29.4 Å². The molecule has 1 amide bonds. The standard InChI is InChI=1S/C15H23N5O2/c1-10(2)20-12-9-17-19(14(12)11(3)18-20)7-6-16-15(21)13-5-4-8-22-13/h9-10,13H,4-8H2,1-3H3,(H,16,21). The van der Waals surface area contributed by atoms with Crippen LogP contribution in [0.2, 0.25) is 0 Å². The molecule has 1 saturated heterocycles. The van der Waals surface area contributed by atoms with Gasteiger partial charge in [0.25, 0.3) is 0 Å². The van der Waals surface area contributed by atoms with E-state index in [1.807, 2.05) is 22.5 Å². The Morgan fingerprint density at radius 3 is 3.05 bits per heavy atom. The van der Waals surface area contributed by atoms with Crippen LogP contribution in [0.5, 0.6) is 0 Å². The molecule has 2 aromatic rings. The van der Waals surface area contributed by atoms with Crippen LogP contribution in [-0.2, 0) is 16.1 Å². The van der Waals surface area contributed by atoms with Crippen molar-refractivity contribution in [2.45, 2.75) is 52.3 Å². The van der Waals surface area contributed by atoms with Crippen LogP contribution < -0.4 is 5.32 Å². The summed E-state index contributed by atoms with van der Waals surface area (Å²) in [5, 5.41) is 11.9. The van der Waals surface area contributed by atoms with Gasteiger partial charge in [-0.1, -0.05) is 0 Å². The fraction of sp³-hybridized carbons (Fsp3) is 0.667. The van der Waals surface area contributed by atoms with Gasteiger partial charge in [-0.25, -0.2) is 0 Å². The second-order valence-electron chi connectivity index (χ2n) is 6.02. The van der Waals surface area contributed by atoms with Crippen molar-refractivity contribution in [3.63, 3.8) is 0 Å². The number of hydrogen-bond donors (Lipinski definition) is 1. The number of fused-ring (bicyclic) bond motifs is 1. The van der Waals surface area contributed by atoms with Crippen LogP contribution in [0.4, 0.5) is 0 Å². The summed E-state index contributed by atoms with van der Waals surface area (Å²) in [4.78, 5) is 11.9. The lowest BCUT2D eigenvalue weighted by molar-refractivity contribution is -0.130. The van der Waals surface area contributed by atoms with E-state index in [1.54, 1.807) is 0 Å². The maximum absolute atomic E-state index is 11.9. The maximum atomic E-state index is 11.9. The van der Waals surface area contributed by atoms with Crippen molar-refractivity contribution >= 4 is 16.9 Å². The number of nitrogens with zero attached hydrogens (tertiary/aromatic N) is 4. The van der Waals surface area contributed by atoms with Gasteiger partial charge in [-0.2, -0.15) is 10.2 Å². The highest BCUT2D eigenvalue weighted by Crippen LogP contribution is 2.21. The average Bonchev–Trinajstić information content (AvgIpc) is 3.18. The van der Waals surface area contributed by atoms with Crippen LogP contribution in [-0.4, -0.2) is 44.7 Å². The summed E-state index contributed by atoms with van der Waals surface area (Å²) in [5.41, 5.74) is 3.05. The molecule has 3 heterocycles. The third-order valence-electron chi connectivity index (χ3n) is 4.00. The number of nitrogens with one attached hydrogen (secondary N) is 1. The molecular formula is C15H23N5O2. The zero-order chi connectivity index (χ0) is 15.7. The van der Waals surface area contributed by atoms with Gasteiger partial charge in [0.15, 0.2) is 0 Å². The molecule has 1 aliphatic rings. The Bertz CT molecular complexity index is 667. The molecule has 3 rings (SSSR count). The molecule has 1 fully saturated rings. The molecule has 120 valence electrons. The van der Waals surface area contributed by atoms with Gasteiger partial charge in [0.05, 0.1) is 18.4 Å². The fourth-order valence-corrected chi connectivity index (χ4v) is 2.92. The smallest absolute Gasteiger partial charge is 0.249 e. The Labute approximate surface area is 129 Å². The number of ether oxygens (including phenoxy) is 1. The van der Waals surface area contributed by atoms with E-state index in [0.717, 1.165) is 29.6 Å². The van der Waals surface area contributed by atoms with Crippen LogP contribution in [0.25, 0.3) is 11.0 Å². The predicted octanol–water partition coefficient (Wildman–Crippen LogP) is 1.42. The largest absolute Gasteiger partial charge is 0.368 e. The number of rotatable bonds is 5. The highest BCUT2D eigenvalue weighted by molar-refractivity contribution is 5.81. The van der Waals surface area contributed by atoms with Crippen LogP contribution in [0.3, 0.4) is 0 Å². The van der Waals surface area contributed by atoms with Gasteiger partial charge in [0, 0.05) is 19.2 Å². The quantitative estimate of drug-likeness (QED) is 0.906. The van der Waals surface area contributed by atoms with Crippen molar-refractivity contribution in [1.29, 1.82) is 0 Å². The second-order valence-corrected chi connectivity index (χ2v) is 6.02. The van der Waals surface area contributed by atoms with E-state index in [-0.39, 0.29) is 12.0 Å². The lowest BCUT2D eigenvalue weighted by atomic mass is 10.2. The second kappa shape index (κ2) is 6.08. The minimum absolute atomic E-state index is 0.0181. The molecule has 2 aromatic heterocycles. The van der Waals surface area contributed by atoms with E-state index < -0.39 is 0 Å². The van der Waals surface area contributed by atoms with Crippen molar-refractivity contribution < 1.29 is 9.53 Å². The first-order valence-electron chi connectivity index (χ1n) is 7.88. The lowest BCUT2D eigenvalue weighted by Crippen LogP contribution is -2.36. The molecule has 0 spiro atoms. The Balaban J connectivity index is 1.65.